The first-order valence-corrected chi connectivity index (χ1v) is 9.37. The van der Waals surface area contributed by atoms with E-state index < -0.39 is 19.9 Å². The molecule has 0 bridgehead atoms. The molecule has 0 amide bonds. The van der Waals surface area contributed by atoms with E-state index in [1.54, 1.807) is 0 Å². The van der Waals surface area contributed by atoms with E-state index in [4.69, 9.17) is 9.79 Å². The molecule has 1 atom stereocenters. The molecule has 0 aliphatic carbocycles. The number of rotatable bonds is 13. The predicted octanol–water partition coefficient (Wildman–Crippen LogP) is 3.29. The third-order valence-corrected chi connectivity index (χ3v) is 3.73. The molecular weight excluding hydrogens is 295 g/mol. The Kier molecular flexibility index (Phi) is 11.9. The second kappa shape index (κ2) is 12.2. The van der Waals surface area contributed by atoms with Crippen molar-refractivity contribution in [2.24, 2.45) is 0 Å². The van der Waals surface area contributed by atoms with E-state index in [1.807, 2.05) is 0 Å². The fourth-order valence-corrected chi connectivity index (χ4v) is 2.48. The van der Waals surface area contributed by atoms with Crippen LogP contribution in [0.5, 0.6) is 0 Å². The lowest BCUT2D eigenvalue weighted by Crippen LogP contribution is -2.21. The molecule has 0 aliphatic heterocycles. The monoisotopic (exact) mass is 324 g/mol. The minimum Gasteiger partial charge on any atom is -0.381 e. The molecule has 0 saturated heterocycles. The van der Waals surface area contributed by atoms with Gasteiger partial charge in [-0.3, -0.25) is 9.79 Å². The van der Waals surface area contributed by atoms with Crippen LogP contribution in [0.3, 0.4) is 0 Å². The maximum Gasteiger partial charge on any atom is 0.527 e. The fourth-order valence-electron chi connectivity index (χ4n) is 2.12. The summed E-state index contributed by atoms with van der Waals surface area (Å²) in [5.41, 5.74) is 0. The molecule has 0 heterocycles. The van der Waals surface area contributed by atoms with E-state index in [1.165, 1.54) is 38.5 Å². The van der Waals surface area contributed by atoms with Crippen LogP contribution in [0.15, 0.2) is 0 Å². The molecule has 0 saturated carbocycles. The minimum atomic E-state index is -4.85. The first-order valence-electron chi connectivity index (χ1n) is 7.84. The van der Waals surface area contributed by atoms with Crippen LogP contribution in [0.25, 0.3) is 0 Å². The van der Waals surface area contributed by atoms with Gasteiger partial charge in [0.15, 0.2) is 6.10 Å². The number of phosphoric acid groups is 1. The topological polar surface area (TPSA) is 104 Å². The molecule has 7 heteroatoms. The SMILES string of the molecule is CCCCCCCCCCCCC(O)C(=O)OP(=O)(O)O. The third-order valence-electron chi connectivity index (χ3n) is 3.31. The normalized spacial score (nSPS) is 13.1. The Hall–Kier alpha value is -0.420. The van der Waals surface area contributed by atoms with Gasteiger partial charge in [-0.05, 0) is 6.42 Å². The summed E-state index contributed by atoms with van der Waals surface area (Å²) in [6.07, 6.45) is 10.1. The third kappa shape index (κ3) is 14.3. The van der Waals surface area contributed by atoms with Crippen molar-refractivity contribution >= 4 is 13.8 Å². The second-order valence-electron chi connectivity index (χ2n) is 5.39. The van der Waals surface area contributed by atoms with Gasteiger partial charge >= 0.3 is 13.8 Å². The van der Waals surface area contributed by atoms with Gasteiger partial charge < -0.3 is 9.63 Å². The van der Waals surface area contributed by atoms with E-state index in [2.05, 4.69) is 11.4 Å². The number of aliphatic hydroxyl groups is 1. The van der Waals surface area contributed by atoms with Gasteiger partial charge in [-0.15, -0.1) is 0 Å². The number of carbonyl (C=O) groups excluding carboxylic acids is 1. The summed E-state index contributed by atoms with van der Waals surface area (Å²) in [5.74, 6) is -1.25. The smallest absolute Gasteiger partial charge is 0.381 e. The standard InChI is InChI=1S/C14H29O6P/c1-2-3-4-5-6-7-8-9-10-11-12-13(15)14(16)20-21(17,18)19/h13,15H,2-12H2,1H3,(H2,17,18,19). The maximum absolute atomic E-state index is 11.1. The van der Waals surface area contributed by atoms with Gasteiger partial charge in [0.25, 0.3) is 0 Å². The lowest BCUT2D eigenvalue weighted by Gasteiger charge is -2.10. The summed E-state index contributed by atoms with van der Waals surface area (Å²) in [6, 6.07) is 0. The van der Waals surface area contributed by atoms with Crippen molar-refractivity contribution in [1.82, 2.24) is 0 Å². The maximum atomic E-state index is 11.1. The van der Waals surface area contributed by atoms with E-state index >= 15 is 0 Å². The number of unbranched alkanes of at least 4 members (excludes halogenated alkanes) is 9. The lowest BCUT2D eigenvalue weighted by atomic mass is 10.0. The zero-order valence-corrected chi connectivity index (χ0v) is 13.8. The Labute approximate surface area is 127 Å². The molecule has 0 aliphatic rings. The molecule has 21 heavy (non-hydrogen) atoms. The fraction of sp³-hybridized carbons (Fsp3) is 0.929. The Morgan fingerprint density at radius 1 is 0.952 bits per heavy atom. The summed E-state index contributed by atoms with van der Waals surface area (Å²) >= 11 is 0. The van der Waals surface area contributed by atoms with Crippen molar-refractivity contribution in [3.8, 4) is 0 Å². The number of hydrogen-bond donors (Lipinski definition) is 3. The summed E-state index contributed by atoms with van der Waals surface area (Å²) in [7, 11) is -4.85. The van der Waals surface area contributed by atoms with Gasteiger partial charge in [0, 0.05) is 0 Å². The Morgan fingerprint density at radius 2 is 1.38 bits per heavy atom. The Balaban J connectivity index is 3.42. The van der Waals surface area contributed by atoms with E-state index in [0.29, 0.717) is 6.42 Å². The molecule has 0 fully saturated rings. The van der Waals surface area contributed by atoms with Crippen LogP contribution in [-0.4, -0.2) is 27.0 Å². The first kappa shape index (κ1) is 20.6. The van der Waals surface area contributed by atoms with Crippen molar-refractivity contribution < 1.29 is 28.8 Å². The van der Waals surface area contributed by atoms with Gasteiger partial charge in [0.1, 0.15) is 0 Å². The van der Waals surface area contributed by atoms with E-state index in [-0.39, 0.29) is 6.42 Å². The van der Waals surface area contributed by atoms with Crippen LogP contribution in [0.4, 0.5) is 0 Å². The van der Waals surface area contributed by atoms with Gasteiger partial charge in [0.05, 0.1) is 0 Å². The zero-order chi connectivity index (χ0) is 16.1. The highest BCUT2D eigenvalue weighted by Gasteiger charge is 2.25. The molecule has 126 valence electrons. The summed E-state index contributed by atoms with van der Waals surface area (Å²) in [6.45, 7) is 2.20. The van der Waals surface area contributed by atoms with E-state index in [9.17, 15) is 14.5 Å². The first-order chi connectivity index (χ1) is 9.87. The molecule has 0 radical (unpaired) electrons. The minimum absolute atomic E-state index is 0.176. The van der Waals surface area contributed by atoms with Crippen molar-refractivity contribution in [2.45, 2.75) is 83.7 Å². The van der Waals surface area contributed by atoms with Crippen LogP contribution in [-0.2, 0) is 13.9 Å². The molecule has 0 spiro atoms. The van der Waals surface area contributed by atoms with E-state index in [0.717, 1.165) is 19.3 Å². The number of phosphoric ester groups is 1. The molecule has 0 aromatic carbocycles. The van der Waals surface area contributed by atoms with Crippen LogP contribution in [0, 0.1) is 0 Å². The molecular formula is C14H29O6P. The van der Waals surface area contributed by atoms with Crippen LogP contribution in [0.2, 0.25) is 0 Å². The van der Waals surface area contributed by atoms with Gasteiger partial charge in [0.2, 0.25) is 0 Å². The molecule has 1 unspecified atom stereocenters. The van der Waals surface area contributed by atoms with Crippen molar-refractivity contribution in [3.63, 3.8) is 0 Å². The molecule has 0 aromatic rings. The average Bonchev–Trinajstić information content (AvgIpc) is 2.38. The van der Waals surface area contributed by atoms with Crippen LogP contribution in [0.1, 0.15) is 77.6 Å². The average molecular weight is 324 g/mol. The number of carbonyl (C=O) groups is 1. The Bertz CT molecular complexity index is 315. The quantitative estimate of drug-likeness (QED) is 0.355. The van der Waals surface area contributed by atoms with Crippen LogP contribution >= 0.6 is 7.82 Å². The largest absolute Gasteiger partial charge is 0.527 e. The highest BCUT2D eigenvalue weighted by Crippen LogP contribution is 2.36. The molecule has 6 nitrogen and oxygen atoms in total. The lowest BCUT2D eigenvalue weighted by molar-refractivity contribution is -0.145. The van der Waals surface area contributed by atoms with Gasteiger partial charge in [-0.25, -0.2) is 9.36 Å². The zero-order valence-electron chi connectivity index (χ0n) is 12.9. The number of aliphatic hydroxyl groups excluding tert-OH is 1. The summed E-state index contributed by atoms with van der Waals surface area (Å²) < 4.78 is 14.2. The molecule has 0 rings (SSSR count). The van der Waals surface area contributed by atoms with Crippen molar-refractivity contribution in [2.75, 3.05) is 0 Å². The van der Waals surface area contributed by atoms with Crippen molar-refractivity contribution in [3.05, 3.63) is 0 Å². The highest BCUT2D eigenvalue weighted by molar-refractivity contribution is 7.46. The van der Waals surface area contributed by atoms with Crippen LogP contribution < -0.4 is 0 Å². The van der Waals surface area contributed by atoms with Gasteiger partial charge in [-0.1, -0.05) is 71.1 Å². The summed E-state index contributed by atoms with van der Waals surface area (Å²) in [5, 5.41) is 9.39. The Morgan fingerprint density at radius 3 is 1.81 bits per heavy atom. The second-order valence-corrected chi connectivity index (χ2v) is 6.55. The summed E-state index contributed by atoms with van der Waals surface area (Å²) in [4.78, 5) is 28.0. The highest BCUT2D eigenvalue weighted by atomic mass is 31.2. The van der Waals surface area contributed by atoms with Crippen molar-refractivity contribution in [1.29, 1.82) is 0 Å². The molecule has 0 aromatic heterocycles. The van der Waals surface area contributed by atoms with Gasteiger partial charge in [-0.2, -0.15) is 0 Å². The number of hydrogen-bond acceptors (Lipinski definition) is 4. The predicted molar refractivity (Wildman–Crippen MR) is 80.6 cm³/mol. The molecule has 3 N–H and O–H groups in total.